The van der Waals surface area contributed by atoms with E-state index in [1.807, 2.05) is 12.3 Å². The molecule has 0 aliphatic carbocycles. The molecule has 0 unspecified atom stereocenters. The average Bonchev–Trinajstić information content (AvgIpc) is 3.01. The minimum absolute atomic E-state index is 0.0878. The topological polar surface area (TPSA) is 84.9 Å². The number of nitrogens with one attached hydrogen (secondary N) is 1. The van der Waals surface area contributed by atoms with Gasteiger partial charge >= 0.3 is 5.97 Å². The summed E-state index contributed by atoms with van der Waals surface area (Å²) in [6.07, 6.45) is 0.852. The van der Waals surface area contributed by atoms with Crippen molar-refractivity contribution in [1.82, 2.24) is 15.2 Å². The number of hydrogen-bond donors (Lipinski definition) is 1. The van der Waals surface area contributed by atoms with E-state index in [1.165, 1.54) is 11.3 Å². The maximum Gasteiger partial charge on any atom is 0.359 e. The Morgan fingerprint density at radius 2 is 2.09 bits per heavy atom. The largest absolute Gasteiger partial charge is 0.454 e. The standard InChI is InChI=1S/C15H13N3O3S/c1-2-12-16-9(8-22-12)7-21-15(20)13-10-5-3-4-6-11(10)14(19)18-17-13/h3-6,8H,2,7H2,1H3,(H,18,19). The van der Waals surface area contributed by atoms with E-state index >= 15 is 0 Å². The molecule has 0 atom stereocenters. The number of rotatable bonds is 4. The summed E-state index contributed by atoms with van der Waals surface area (Å²) >= 11 is 1.54. The molecule has 112 valence electrons. The maximum atomic E-state index is 12.2. The van der Waals surface area contributed by atoms with Crippen LogP contribution < -0.4 is 5.56 Å². The van der Waals surface area contributed by atoms with Gasteiger partial charge in [0.05, 0.1) is 16.1 Å². The van der Waals surface area contributed by atoms with Crippen molar-refractivity contribution in [2.75, 3.05) is 0 Å². The number of aromatic amines is 1. The minimum atomic E-state index is -0.585. The third-order valence-electron chi connectivity index (χ3n) is 3.14. The molecule has 0 amide bonds. The van der Waals surface area contributed by atoms with Crippen LogP contribution in [0.5, 0.6) is 0 Å². The van der Waals surface area contributed by atoms with Gasteiger partial charge in [-0.2, -0.15) is 5.10 Å². The Morgan fingerprint density at radius 3 is 2.82 bits per heavy atom. The van der Waals surface area contributed by atoms with Gasteiger partial charge in [0.25, 0.3) is 5.56 Å². The van der Waals surface area contributed by atoms with Crippen LogP contribution in [0, 0.1) is 0 Å². The van der Waals surface area contributed by atoms with Crippen molar-refractivity contribution in [1.29, 1.82) is 0 Å². The van der Waals surface area contributed by atoms with Crippen molar-refractivity contribution >= 4 is 28.1 Å². The van der Waals surface area contributed by atoms with Crippen molar-refractivity contribution < 1.29 is 9.53 Å². The molecule has 0 bridgehead atoms. The summed E-state index contributed by atoms with van der Waals surface area (Å²) in [5.74, 6) is -0.585. The number of carbonyl (C=O) groups excluding carboxylic acids is 1. The average molecular weight is 315 g/mol. The van der Waals surface area contributed by atoms with E-state index in [4.69, 9.17) is 4.74 Å². The number of ether oxygens (including phenoxy) is 1. The van der Waals surface area contributed by atoms with Gasteiger partial charge in [0.1, 0.15) is 6.61 Å². The third kappa shape index (κ3) is 2.75. The summed E-state index contributed by atoms with van der Waals surface area (Å²) < 4.78 is 5.24. The van der Waals surface area contributed by atoms with E-state index in [0.717, 1.165) is 11.4 Å². The van der Waals surface area contributed by atoms with Gasteiger partial charge in [-0.05, 0) is 12.5 Å². The van der Waals surface area contributed by atoms with Crippen molar-refractivity contribution in [2.45, 2.75) is 20.0 Å². The number of aromatic nitrogens is 3. The quantitative estimate of drug-likeness (QED) is 0.747. The number of aryl methyl sites for hydroxylation is 1. The number of nitrogens with zero attached hydrogens (tertiary/aromatic N) is 2. The lowest BCUT2D eigenvalue weighted by Gasteiger charge is -2.04. The molecule has 0 aliphatic heterocycles. The molecule has 3 rings (SSSR count). The summed E-state index contributed by atoms with van der Waals surface area (Å²) in [7, 11) is 0. The lowest BCUT2D eigenvalue weighted by molar-refractivity contribution is 0.0462. The van der Waals surface area contributed by atoms with Crippen LogP contribution in [-0.2, 0) is 17.8 Å². The van der Waals surface area contributed by atoms with Gasteiger partial charge in [0.15, 0.2) is 5.69 Å². The smallest absolute Gasteiger partial charge is 0.359 e. The van der Waals surface area contributed by atoms with Gasteiger partial charge in [-0.25, -0.2) is 14.9 Å². The molecule has 7 heteroatoms. The predicted molar refractivity (Wildman–Crippen MR) is 83.0 cm³/mol. The van der Waals surface area contributed by atoms with Gasteiger partial charge in [0, 0.05) is 10.8 Å². The summed E-state index contributed by atoms with van der Waals surface area (Å²) in [6.45, 7) is 2.11. The molecule has 6 nitrogen and oxygen atoms in total. The first-order valence-corrected chi connectivity index (χ1v) is 7.65. The summed E-state index contributed by atoms with van der Waals surface area (Å²) in [6, 6.07) is 6.79. The first kappa shape index (κ1) is 14.4. The normalized spacial score (nSPS) is 10.8. The van der Waals surface area contributed by atoms with Crippen molar-refractivity contribution in [3.63, 3.8) is 0 Å². The number of hydrogen-bond acceptors (Lipinski definition) is 6. The minimum Gasteiger partial charge on any atom is -0.454 e. The molecule has 1 aromatic carbocycles. The molecule has 0 radical (unpaired) electrons. The molecule has 1 N–H and O–H groups in total. The fourth-order valence-electron chi connectivity index (χ4n) is 2.06. The van der Waals surface area contributed by atoms with Crippen LogP contribution >= 0.6 is 11.3 Å². The van der Waals surface area contributed by atoms with Crippen molar-refractivity contribution in [2.24, 2.45) is 0 Å². The highest BCUT2D eigenvalue weighted by Crippen LogP contribution is 2.15. The van der Waals surface area contributed by atoms with Crippen LogP contribution in [0.4, 0.5) is 0 Å². The molecule has 22 heavy (non-hydrogen) atoms. The van der Waals surface area contributed by atoms with Gasteiger partial charge in [-0.15, -0.1) is 11.3 Å². The zero-order chi connectivity index (χ0) is 15.5. The molecule has 0 saturated heterocycles. The SMILES string of the molecule is CCc1nc(COC(=O)c2n[nH]c(=O)c3ccccc23)cs1. The monoisotopic (exact) mass is 315 g/mol. The van der Waals surface area contributed by atoms with Crippen molar-refractivity contribution in [3.8, 4) is 0 Å². The number of benzene rings is 1. The van der Waals surface area contributed by atoms with E-state index in [2.05, 4.69) is 15.2 Å². The van der Waals surface area contributed by atoms with E-state index in [9.17, 15) is 9.59 Å². The zero-order valence-corrected chi connectivity index (χ0v) is 12.6. The second kappa shape index (κ2) is 6.07. The summed E-state index contributed by atoms with van der Waals surface area (Å²) in [5, 5.41) is 9.87. The zero-order valence-electron chi connectivity index (χ0n) is 11.8. The molecule has 0 saturated carbocycles. The highest BCUT2D eigenvalue weighted by atomic mass is 32.1. The van der Waals surface area contributed by atoms with E-state index in [1.54, 1.807) is 24.3 Å². The fourth-order valence-corrected chi connectivity index (χ4v) is 2.79. The Bertz CT molecular complexity index is 885. The van der Waals surface area contributed by atoms with Gasteiger partial charge in [-0.3, -0.25) is 4.79 Å². The lowest BCUT2D eigenvalue weighted by Crippen LogP contribution is -2.16. The van der Waals surface area contributed by atoms with Gasteiger partial charge < -0.3 is 4.74 Å². The second-order valence-electron chi connectivity index (χ2n) is 4.61. The number of thiazole rings is 1. The summed E-state index contributed by atoms with van der Waals surface area (Å²) in [5.41, 5.74) is 0.476. The first-order valence-electron chi connectivity index (χ1n) is 6.77. The van der Waals surface area contributed by atoms with E-state index in [-0.39, 0.29) is 17.9 Å². The number of carbonyl (C=O) groups is 1. The number of esters is 1. The van der Waals surface area contributed by atoms with Crippen LogP contribution in [0.3, 0.4) is 0 Å². The molecule has 0 fully saturated rings. The van der Waals surface area contributed by atoms with Crippen LogP contribution in [0.1, 0.15) is 28.1 Å². The Balaban J connectivity index is 1.83. The molecule has 2 aromatic heterocycles. The Morgan fingerprint density at radius 1 is 1.32 bits per heavy atom. The highest BCUT2D eigenvalue weighted by molar-refractivity contribution is 7.09. The van der Waals surface area contributed by atoms with Crippen LogP contribution in [0.2, 0.25) is 0 Å². The Kier molecular flexibility index (Phi) is 3.97. The second-order valence-corrected chi connectivity index (χ2v) is 5.55. The Labute approximate surface area is 129 Å². The van der Waals surface area contributed by atoms with E-state index in [0.29, 0.717) is 16.5 Å². The Hall–Kier alpha value is -2.54. The maximum absolute atomic E-state index is 12.2. The molecule has 0 spiro atoms. The molecular formula is C15H13N3O3S. The van der Waals surface area contributed by atoms with E-state index < -0.39 is 5.97 Å². The molecular weight excluding hydrogens is 302 g/mol. The number of fused-ring (bicyclic) bond motifs is 1. The fraction of sp³-hybridized carbons (Fsp3) is 0.200. The molecule has 0 aliphatic rings. The van der Waals surface area contributed by atoms with Gasteiger partial charge in [0.2, 0.25) is 0 Å². The molecule has 3 aromatic rings. The highest BCUT2D eigenvalue weighted by Gasteiger charge is 2.16. The third-order valence-corrected chi connectivity index (χ3v) is 4.18. The summed E-state index contributed by atoms with van der Waals surface area (Å²) in [4.78, 5) is 28.2. The van der Waals surface area contributed by atoms with Crippen LogP contribution in [-0.4, -0.2) is 21.2 Å². The predicted octanol–water partition coefficient (Wildman–Crippen LogP) is 2.30. The first-order chi connectivity index (χ1) is 10.7. The number of H-pyrrole nitrogens is 1. The lowest BCUT2D eigenvalue weighted by atomic mass is 10.1. The van der Waals surface area contributed by atoms with Crippen LogP contribution in [0.25, 0.3) is 10.8 Å². The van der Waals surface area contributed by atoms with Crippen molar-refractivity contribution in [3.05, 3.63) is 56.4 Å². The molecule has 2 heterocycles. The van der Waals surface area contributed by atoms with Gasteiger partial charge in [-0.1, -0.05) is 25.1 Å². The van der Waals surface area contributed by atoms with Crippen LogP contribution in [0.15, 0.2) is 34.4 Å².